The van der Waals surface area contributed by atoms with E-state index in [-0.39, 0.29) is 6.04 Å². The molecule has 6 nitrogen and oxygen atoms in total. The molecule has 6 rings (SSSR count). The first-order valence-corrected chi connectivity index (χ1v) is 12.5. The third kappa shape index (κ3) is 3.85. The molecule has 1 N–H and O–H groups in total. The number of aromatic amines is 1. The van der Waals surface area contributed by atoms with Crippen LogP contribution in [-0.4, -0.2) is 66.3 Å². The van der Waals surface area contributed by atoms with Crippen LogP contribution in [0.15, 0.2) is 42.6 Å². The second kappa shape index (κ2) is 8.67. The molecular formula is C28H33N5O. The Morgan fingerprint density at radius 3 is 2.76 bits per heavy atom. The summed E-state index contributed by atoms with van der Waals surface area (Å²) in [6.45, 7) is 5.53. The van der Waals surface area contributed by atoms with Crippen LogP contribution in [0, 0.1) is 0 Å². The van der Waals surface area contributed by atoms with E-state index in [1.807, 2.05) is 6.20 Å². The molecule has 2 fully saturated rings. The molecule has 6 heteroatoms. The van der Waals surface area contributed by atoms with E-state index in [9.17, 15) is 0 Å². The van der Waals surface area contributed by atoms with E-state index < -0.39 is 0 Å². The zero-order valence-corrected chi connectivity index (χ0v) is 20.3. The largest absolute Gasteiger partial charge is 0.377 e. The summed E-state index contributed by atoms with van der Waals surface area (Å²) in [6, 6.07) is 13.4. The van der Waals surface area contributed by atoms with Gasteiger partial charge in [0.05, 0.1) is 24.8 Å². The van der Waals surface area contributed by atoms with Gasteiger partial charge < -0.3 is 19.5 Å². The average Bonchev–Trinajstić information content (AvgIpc) is 3.57. The highest BCUT2D eigenvalue weighted by atomic mass is 16.5. The number of nitrogens with one attached hydrogen (secondary N) is 1. The van der Waals surface area contributed by atoms with Crippen molar-refractivity contribution in [1.82, 2.24) is 19.9 Å². The number of likely N-dealkylation sites (N-methyl/N-ethyl adjacent to an activating group) is 1. The van der Waals surface area contributed by atoms with E-state index in [0.29, 0.717) is 5.92 Å². The Morgan fingerprint density at radius 2 is 1.97 bits per heavy atom. The number of ether oxygens (including phenoxy) is 1. The minimum Gasteiger partial charge on any atom is -0.377 e. The normalized spacial score (nSPS) is 18.9. The highest BCUT2D eigenvalue weighted by molar-refractivity contribution is 5.98. The van der Waals surface area contributed by atoms with Gasteiger partial charge in [0.2, 0.25) is 0 Å². The number of benzene rings is 2. The molecule has 176 valence electrons. The monoisotopic (exact) mass is 455 g/mol. The molecule has 0 spiro atoms. The van der Waals surface area contributed by atoms with Gasteiger partial charge in [-0.2, -0.15) is 0 Å². The number of morpholine rings is 1. The number of aromatic nitrogens is 3. The first-order valence-electron chi connectivity index (χ1n) is 12.5. The summed E-state index contributed by atoms with van der Waals surface area (Å²) >= 11 is 0. The molecule has 0 amide bonds. The van der Waals surface area contributed by atoms with E-state index in [1.54, 1.807) is 0 Å². The van der Waals surface area contributed by atoms with Gasteiger partial charge in [0, 0.05) is 41.1 Å². The van der Waals surface area contributed by atoms with Crippen LogP contribution in [-0.2, 0) is 11.2 Å². The van der Waals surface area contributed by atoms with E-state index in [4.69, 9.17) is 14.7 Å². The van der Waals surface area contributed by atoms with E-state index in [2.05, 4.69) is 72.2 Å². The Hall–Kier alpha value is -2.96. The maximum absolute atomic E-state index is 5.76. The summed E-state index contributed by atoms with van der Waals surface area (Å²) < 4.78 is 5.76. The molecular weight excluding hydrogens is 422 g/mol. The lowest BCUT2D eigenvalue weighted by Crippen LogP contribution is -2.44. The van der Waals surface area contributed by atoms with E-state index >= 15 is 0 Å². The highest BCUT2D eigenvalue weighted by Crippen LogP contribution is 2.44. The van der Waals surface area contributed by atoms with Gasteiger partial charge in [0.1, 0.15) is 5.82 Å². The van der Waals surface area contributed by atoms with Crippen LogP contribution < -0.4 is 4.90 Å². The van der Waals surface area contributed by atoms with Gasteiger partial charge in [-0.15, -0.1) is 0 Å². The predicted molar refractivity (Wildman–Crippen MR) is 139 cm³/mol. The van der Waals surface area contributed by atoms with Gasteiger partial charge in [-0.3, -0.25) is 0 Å². The Kier molecular flexibility index (Phi) is 5.50. The van der Waals surface area contributed by atoms with Crippen LogP contribution in [0.3, 0.4) is 0 Å². The molecule has 0 radical (unpaired) electrons. The quantitative estimate of drug-likeness (QED) is 0.444. The summed E-state index contributed by atoms with van der Waals surface area (Å²) in [5.74, 6) is 2.53. The summed E-state index contributed by atoms with van der Waals surface area (Å²) in [4.78, 5) is 18.6. The molecule has 1 aliphatic heterocycles. The molecule has 2 aromatic carbocycles. The summed E-state index contributed by atoms with van der Waals surface area (Å²) in [5, 5.41) is 2.33. The van der Waals surface area contributed by atoms with Crippen LogP contribution in [0.2, 0.25) is 0 Å². The lowest BCUT2D eigenvalue weighted by Gasteiger charge is -2.35. The second-order valence-electron chi connectivity index (χ2n) is 10.1. The third-order valence-electron chi connectivity index (χ3n) is 7.29. The van der Waals surface area contributed by atoms with Gasteiger partial charge in [0.15, 0.2) is 5.82 Å². The first kappa shape index (κ1) is 21.6. The molecule has 1 saturated carbocycles. The maximum Gasteiger partial charge on any atom is 0.162 e. The molecule has 0 unspecified atom stereocenters. The number of hydrogen-bond donors (Lipinski definition) is 1. The van der Waals surface area contributed by atoms with E-state index in [1.165, 1.54) is 24.0 Å². The van der Waals surface area contributed by atoms with Gasteiger partial charge >= 0.3 is 0 Å². The number of anilines is 1. The third-order valence-corrected chi connectivity index (χ3v) is 7.29. The lowest BCUT2D eigenvalue weighted by atomic mass is 9.96. The van der Waals surface area contributed by atoms with Crippen LogP contribution in [0.25, 0.3) is 33.2 Å². The Bertz CT molecular complexity index is 1340. The molecule has 0 bridgehead atoms. The topological polar surface area (TPSA) is 57.3 Å². The van der Waals surface area contributed by atoms with Crippen LogP contribution >= 0.6 is 0 Å². The second-order valence-corrected chi connectivity index (χ2v) is 10.1. The molecule has 3 heterocycles. The standard InChI is InChI=1S/C28H33N5O/c1-18-17-34-16-15-33(18)28-24-10-9-20(19-7-8-19)22(12-14-32(2)3)26(24)30-27(31-28)23-5-4-6-25-21(23)11-13-29-25/h4-6,9-11,13,18-19,29H,7-8,12,14-17H2,1-3H3/t18-/m1/s1. The van der Waals surface area contributed by atoms with Gasteiger partial charge in [-0.1, -0.05) is 18.2 Å². The van der Waals surface area contributed by atoms with Crippen molar-refractivity contribution in [1.29, 1.82) is 0 Å². The number of rotatable bonds is 6. The van der Waals surface area contributed by atoms with Crippen molar-refractivity contribution in [2.24, 2.45) is 0 Å². The number of H-pyrrole nitrogens is 1. The van der Waals surface area contributed by atoms with Crippen molar-refractivity contribution in [2.75, 3.05) is 45.3 Å². The zero-order chi connectivity index (χ0) is 23.2. The SMILES string of the molecule is C[C@@H]1COCCN1c1nc(-c2cccc3[nH]ccc23)nc2c(CCN(C)C)c(C3CC3)ccc12. The Morgan fingerprint density at radius 1 is 1.09 bits per heavy atom. The molecule has 1 aliphatic carbocycles. The number of nitrogens with zero attached hydrogens (tertiary/aromatic N) is 4. The van der Waals surface area contributed by atoms with Gasteiger partial charge in [-0.05, 0) is 75.5 Å². The Balaban J connectivity index is 1.62. The zero-order valence-electron chi connectivity index (χ0n) is 20.3. The van der Waals surface area contributed by atoms with Crippen molar-refractivity contribution >= 4 is 27.6 Å². The molecule has 2 aromatic heterocycles. The fourth-order valence-corrected chi connectivity index (χ4v) is 5.29. The van der Waals surface area contributed by atoms with E-state index in [0.717, 1.165) is 71.7 Å². The van der Waals surface area contributed by atoms with Crippen molar-refractivity contribution in [2.45, 2.75) is 38.1 Å². The first-order chi connectivity index (χ1) is 16.6. The summed E-state index contributed by atoms with van der Waals surface area (Å²) in [6.07, 6.45) is 5.57. The fourth-order valence-electron chi connectivity index (χ4n) is 5.29. The van der Waals surface area contributed by atoms with Crippen molar-refractivity contribution in [3.8, 4) is 11.4 Å². The van der Waals surface area contributed by atoms with Crippen molar-refractivity contribution in [3.63, 3.8) is 0 Å². The number of hydrogen-bond acceptors (Lipinski definition) is 5. The smallest absolute Gasteiger partial charge is 0.162 e. The van der Waals surface area contributed by atoms with Crippen LogP contribution in [0.5, 0.6) is 0 Å². The fraction of sp³-hybridized carbons (Fsp3) is 0.429. The van der Waals surface area contributed by atoms with Crippen LogP contribution in [0.1, 0.15) is 36.8 Å². The van der Waals surface area contributed by atoms with Gasteiger partial charge in [0.25, 0.3) is 0 Å². The predicted octanol–water partition coefficient (Wildman–Crippen LogP) is 4.98. The molecule has 2 aliphatic rings. The van der Waals surface area contributed by atoms with Crippen molar-refractivity contribution in [3.05, 3.63) is 53.7 Å². The number of fused-ring (bicyclic) bond motifs is 2. The Labute approximate surface area is 201 Å². The molecule has 4 aromatic rings. The molecule has 1 saturated heterocycles. The summed E-state index contributed by atoms with van der Waals surface area (Å²) in [7, 11) is 4.30. The summed E-state index contributed by atoms with van der Waals surface area (Å²) in [5.41, 5.74) is 6.21. The minimum absolute atomic E-state index is 0.274. The molecule has 1 atom stereocenters. The maximum atomic E-state index is 5.76. The lowest BCUT2D eigenvalue weighted by molar-refractivity contribution is 0.0987. The molecule has 34 heavy (non-hydrogen) atoms. The highest BCUT2D eigenvalue weighted by Gasteiger charge is 2.30. The average molecular weight is 456 g/mol. The van der Waals surface area contributed by atoms with Gasteiger partial charge in [-0.25, -0.2) is 9.97 Å². The van der Waals surface area contributed by atoms with Crippen molar-refractivity contribution < 1.29 is 4.74 Å². The van der Waals surface area contributed by atoms with Crippen LogP contribution in [0.4, 0.5) is 5.82 Å². The minimum atomic E-state index is 0.274.